The summed E-state index contributed by atoms with van der Waals surface area (Å²) in [6, 6.07) is 11.6. The van der Waals surface area contributed by atoms with Gasteiger partial charge in [-0.3, -0.25) is 14.5 Å². The SMILES string of the molecule is COc1cc(C=C2SC(=S)N(c3cccc(C(C)=O)c3)C2=O)ccc1O. The zero-order chi connectivity index (χ0) is 18.8. The lowest BCUT2D eigenvalue weighted by atomic mass is 10.1. The third-order valence-corrected chi connectivity index (χ3v) is 5.11. The highest BCUT2D eigenvalue weighted by molar-refractivity contribution is 8.27. The largest absolute Gasteiger partial charge is 0.504 e. The number of nitrogens with zero attached hydrogens (tertiary/aromatic N) is 1. The molecule has 0 saturated carbocycles. The number of phenolic OH excluding ortho intramolecular Hbond substituents is 1. The Balaban J connectivity index is 1.94. The standard InChI is InChI=1S/C19H15NO4S2/c1-11(21)13-4-3-5-14(10-13)20-18(23)17(26-19(20)25)9-12-6-7-15(22)16(8-12)24-2/h3-10,22H,1-2H3. The van der Waals surface area contributed by atoms with Gasteiger partial charge in [0.25, 0.3) is 5.91 Å². The van der Waals surface area contributed by atoms with Crippen molar-refractivity contribution < 1.29 is 19.4 Å². The van der Waals surface area contributed by atoms with Gasteiger partial charge in [-0.15, -0.1) is 0 Å². The zero-order valence-electron chi connectivity index (χ0n) is 14.1. The lowest BCUT2D eigenvalue weighted by molar-refractivity contribution is -0.113. The summed E-state index contributed by atoms with van der Waals surface area (Å²) in [5.41, 5.74) is 1.79. The summed E-state index contributed by atoms with van der Waals surface area (Å²) in [4.78, 5) is 26.3. The van der Waals surface area contributed by atoms with Crippen LogP contribution in [0.5, 0.6) is 11.5 Å². The van der Waals surface area contributed by atoms with E-state index in [1.807, 2.05) is 0 Å². The average molecular weight is 385 g/mol. The predicted octanol–water partition coefficient (Wildman–Crippen LogP) is 4.01. The first-order chi connectivity index (χ1) is 12.4. The molecule has 132 valence electrons. The minimum absolute atomic E-state index is 0.0262. The number of carbonyl (C=O) groups excluding carboxylic acids is 2. The summed E-state index contributed by atoms with van der Waals surface area (Å²) < 4.78 is 5.48. The zero-order valence-corrected chi connectivity index (χ0v) is 15.7. The monoisotopic (exact) mass is 385 g/mol. The third kappa shape index (κ3) is 3.49. The van der Waals surface area contributed by atoms with Gasteiger partial charge in [0.05, 0.1) is 17.7 Å². The van der Waals surface area contributed by atoms with E-state index in [4.69, 9.17) is 17.0 Å². The summed E-state index contributed by atoms with van der Waals surface area (Å²) in [5.74, 6) is 0.0124. The normalized spacial score (nSPS) is 15.6. The van der Waals surface area contributed by atoms with E-state index in [0.29, 0.717) is 31.8 Å². The summed E-state index contributed by atoms with van der Waals surface area (Å²) in [7, 11) is 1.46. The predicted molar refractivity (Wildman–Crippen MR) is 107 cm³/mol. The van der Waals surface area contributed by atoms with Crippen LogP contribution >= 0.6 is 24.0 Å². The molecule has 2 aromatic rings. The molecule has 0 radical (unpaired) electrons. The molecule has 1 heterocycles. The molecule has 1 N–H and O–H groups in total. The Morgan fingerprint density at radius 2 is 2.04 bits per heavy atom. The van der Waals surface area contributed by atoms with Gasteiger partial charge in [0.1, 0.15) is 0 Å². The van der Waals surface area contributed by atoms with E-state index in [-0.39, 0.29) is 17.4 Å². The van der Waals surface area contributed by atoms with E-state index in [0.717, 1.165) is 0 Å². The first-order valence-electron chi connectivity index (χ1n) is 7.66. The number of anilines is 1. The maximum atomic E-state index is 12.8. The van der Waals surface area contributed by atoms with E-state index < -0.39 is 0 Å². The number of phenols is 1. The topological polar surface area (TPSA) is 66.8 Å². The van der Waals surface area contributed by atoms with E-state index in [2.05, 4.69) is 0 Å². The van der Waals surface area contributed by atoms with E-state index in [1.165, 1.54) is 36.8 Å². The molecule has 5 nitrogen and oxygen atoms in total. The van der Waals surface area contributed by atoms with Crippen LogP contribution in [0.4, 0.5) is 5.69 Å². The van der Waals surface area contributed by atoms with Crippen LogP contribution in [-0.2, 0) is 4.79 Å². The van der Waals surface area contributed by atoms with Crippen molar-refractivity contribution in [2.75, 3.05) is 12.0 Å². The van der Waals surface area contributed by atoms with Crippen LogP contribution in [0.2, 0.25) is 0 Å². The molecular weight excluding hydrogens is 370 g/mol. The van der Waals surface area contributed by atoms with Gasteiger partial charge in [-0.2, -0.15) is 0 Å². The molecule has 1 aliphatic rings. The van der Waals surface area contributed by atoms with Crippen LogP contribution in [-0.4, -0.2) is 28.2 Å². The van der Waals surface area contributed by atoms with Crippen molar-refractivity contribution in [3.8, 4) is 11.5 Å². The number of aromatic hydroxyl groups is 1. The second-order valence-electron chi connectivity index (χ2n) is 5.55. The molecule has 2 aromatic carbocycles. The molecule has 1 fully saturated rings. The number of amides is 1. The van der Waals surface area contributed by atoms with E-state index in [9.17, 15) is 14.7 Å². The van der Waals surface area contributed by atoms with Crippen LogP contribution < -0.4 is 9.64 Å². The third-order valence-electron chi connectivity index (χ3n) is 3.81. The highest BCUT2D eigenvalue weighted by atomic mass is 32.2. The molecular formula is C19H15NO4S2. The van der Waals surface area contributed by atoms with Crippen LogP contribution in [0.15, 0.2) is 47.4 Å². The summed E-state index contributed by atoms with van der Waals surface area (Å²) in [6.45, 7) is 1.47. The van der Waals surface area contributed by atoms with Crippen LogP contribution in [0.25, 0.3) is 6.08 Å². The molecule has 1 saturated heterocycles. The highest BCUT2D eigenvalue weighted by Gasteiger charge is 2.33. The molecule has 0 unspecified atom stereocenters. The first kappa shape index (κ1) is 18.2. The van der Waals surface area contributed by atoms with Crippen molar-refractivity contribution in [3.05, 3.63) is 58.5 Å². The highest BCUT2D eigenvalue weighted by Crippen LogP contribution is 2.37. The number of carbonyl (C=O) groups is 2. The second-order valence-corrected chi connectivity index (χ2v) is 7.23. The van der Waals surface area contributed by atoms with Gasteiger partial charge in [-0.25, -0.2) is 0 Å². The number of thioether (sulfide) groups is 1. The van der Waals surface area contributed by atoms with Gasteiger partial charge in [-0.1, -0.05) is 42.2 Å². The fourth-order valence-electron chi connectivity index (χ4n) is 2.49. The average Bonchev–Trinajstić information content (AvgIpc) is 2.90. The van der Waals surface area contributed by atoms with Gasteiger partial charge in [0.15, 0.2) is 21.6 Å². The Labute approximate surface area is 160 Å². The molecule has 1 aliphatic heterocycles. The number of ketones is 1. The van der Waals surface area contributed by atoms with E-state index in [1.54, 1.807) is 42.5 Å². The van der Waals surface area contributed by atoms with Crippen molar-refractivity contribution in [1.29, 1.82) is 0 Å². The number of rotatable bonds is 4. The van der Waals surface area contributed by atoms with Crippen molar-refractivity contribution in [3.63, 3.8) is 0 Å². The number of benzene rings is 2. The Morgan fingerprint density at radius 3 is 2.73 bits per heavy atom. The Kier molecular flexibility index (Phi) is 5.11. The molecule has 0 aromatic heterocycles. The molecule has 0 spiro atoms. The van der Waals surface area contributed by atoms with E-state index >= 15 is 0 Å². The van der Waals surface area contributed by atoms with Crippen LogP contribution in [0.3, 0.4) is 0 Å². The maximum absolute atomic E-state index is 12.8. The summed E-state index contributed by atoms with van der Waals surface area (Å²) in [6.07, 6.45) is 1.69. The molecule has 0 aliphatic carbocycles. The van der Waals surface area contributed by atoms with Gasteiger partial charge in [0.2, 0.25) is 0 Å². The Hall–Kier alpha value is -2.64. The number of thiocarbonyl (C=S) groups is 1. The van der Waals surface area contributed by atoms with Crippen molar-refractivity contribution in [2.45, 2.75) is 6.92 Å². The van der Waals surface area contributed by atoms with Crippen molar-refractivity contribution >= 4 is 51.8 Å². The summed E-state index contributed by atoms with van der Waals surface area (Å²) in [5, 5.41) is 9.68. The maximum Gasteiger partial charge on any atom is 0.270 e. The second kappa shape index (κ2) is 7.31. The lowest BCUT2D eigenvalue weighted by Crippen LogP contribution is -2.27. The molecule has 1 amide bonds. The lowest BCUT2D eigenvalue weighted by Gasteiger charge is -2.15. The van der Waals surface area contributed by atoms with Crippen molar-refractivity contribution in [1.82, 2.24) is 0 Å². The number of Topliss-reactive ketones (excluding diaryl/α,β-unsaturated/α-hetero) is 1. The summed E-state index contributed by atoms with van der Waals surface area (Å²) >= 11 is 6.53. The quantitative estimate of drug-likeness (QED) is 0.487. The van der Waals surface area contributed by atoms with Gasteiger partial charge >= 0.3 is 0 Å². The van der Waals surface area contributed by atoms with Crippen LogP contribution in [0, 0.1) is 0 Å². The molecule has 26 heavy (non-hydrogen) atoms. The minimum atomic E-state index is -0.257. The van der Waals surface area contributed by atoms with Crippen LogP contribution in [0.1, 0.15) is 22.8 Å². The van der Waals surface area contributed by atoms with Gasteiger partial charge in [0, 0.05) is 5.56 Å². The molecule has 7 heteroatoms. The Bertz CT molecular complexity index is 952. The van der Waals surface area contributed by atoms with Gasteiger partial charge in [-0.05, 0) is 42.8 Å². The number of ether oxygens (including phenoxy) is 1. The fraction of sp³-hybridized carbons (Fsp3) is 0.105. The smallest absolute Gasteiger partial charge is 0.270 e. The number of methoxy groups -OCH3 is 1. The van der Waals surface area contributed by atoms with Gasteiger partial charge < -0.3 is 9.84 Å². The van der Waals surface area contributed by atoms with Crippen molar-refractivity contribution in [2.24, 2.45) is 0 Å². The molecule has 0 atom stereocenters. The fourth-order valence-corrected chi connectivity index (χ4v) is 3.79. The Morgan fingerprint density at radius 1 is 1.27 bits per heavy atom. The number of hydrogen-bond acceptors (Lipinski definition) is 6. The number of hydrogen-bond donors (Lipinski definition) is 1. The minimum Gasteiger partial charge on any atom is -0.504 e. The molecule has 0 bridgehead atoms. The first-order valence-corrected chi connectivity index (χ1v) is 8.89. The molecule has 3 rings (SSSR count).